The third-order valence-electron chi connectivity index (χ3n) is 3.87. The summed E-state index contributed by atoms with van der Waals surface area (Å²) in [5.41, 5.74) is 8.20. The quantitative estimate of drug-likeness (QED) is 0.886. The fourth-order valence-electron chi connectivity index (χ4n) is 2.79. The van der Waals surface area contributed by atoms with Gasteiger partial charge in [0, 0.05) is 18.5 Å². The van der Waals surface area contributed by atoms with Crippen molar-refractivity contribution in [2.24, 2.45) is 0 Å². The Balaban J connectivity index is 1.55. The van der Waals surface area contributed by atoms with Gasteiger partial charge in [-0.15, -0.1) is 0 Å². The highest BCUT2D eigenvalue weighted by molar-refractivity contribution is 5.30. The Hall–Kier alpha value is -1.81. The first-order valence-electron chi connectivity index (χ1n) is 6.88. The molecular weight excluding hydrogens is 236 g/mol. The molecule has 0 radical (unpaired) electrons. The van der Waals surface area contributed by atoms with E-state index < -0.39 is 0 Å². The van der Waals surface area contributed by atoms with Crippen LogP contribution in [0.4, 0.5) is 5.82 Å². The summed E-state index contributed by atoms with van der Waals surface area (Å²) in [4.78, 5) is 2.52. The lowest BCUT2D eigenvalue weighted by atomic mass is 9.93. The van der Waals surface area contributed by atoms with E-state index in [4.69, 9.17) is 5.73 Å². The highest BCUT2D eigenvalue weighted by Crippen LogP contribution is 2.27. The lowest BCUT2D eigenvalue weighted by Crippen LogP contribution is -2.32. The Morgan fingerprint density at radius 1 is 1.21 bits per heavy atom. The van der Waals surface area contributed by atoms with Crippen LogP contribution in [0.2, 0.25) is 0 Å². The van der Waals surface area contributed by atoms with E-state index in [-0.39, 0.29) is 0 Å². The minimum atomic E-state index is 0.556. The van der Waals surface area contributed by atoms with E-state index in [2.05, 4.69) is 45.4 Å². The number of H-pyrrole nitrogens is 1. The van der Waals surface area contributed by atoms with Gasteiger partial charge in [0.2, 0.25) is 0 Å². The summed E-state index contributed by atoms with van der Waals surface area (Å²) in [6.07, 6.45) is 2.33. The molecule has 4 heteroatoms. The van der Waals surface area contributed by atoms with E-state index in [1.54, 1.807) is 0 Å². The first-order chi connectivity index (χ1) is 9.31. The molecule has 1 saturated heterocycles. The molecule has 100 valence electrons. The van der Waals surface area contributed by atoms with E-state index >= 15 is 0 Å². The van der Waals surface area contributed by atoms with Gasteiger partial charge >= 0.3 is 0 Å². The van der Waals surface area contributed by atoms with Gasteiger partial charge in [-0.25, -0.2) is 0 Å². The molecule has 1 aromatic carbocycles. The van der Waals surface area contributed by atoms with Crippen molar-refractivity contribution in [2.75, 3.05) is 18.8 Å². The zero-order valence-corrected chi connectivity index (χ0v) is 11.0. The molecule has 2 aromatic rings. The van der Waals surface area contributed by atoms with Crippen molar-refractivity contribution in [3.05, 3.63) is 47.7 Å². The van der Waals surface area contributed by atoms with Crippen LogP contribution >= 0.6 is 0 Å². The molecule has 1 aliphatic heterocycles. The van der Waals surface area contributed by atoms with Crippen molar-refractivity contribution < 1.29 is 0 Å². The van der Waals surface area contributed by atoms with Crippen LogP contribution in [0.25, 0.3) is 0 Å². The Morgan fingerprint density at radius 3 is 2.58 bits per heavy atom. The van der Waals surface area contributed by atoms with Gasteiger partial charge in [0.05, 0.1) is 5.69 Å². The van der Waals surface area contributed by atoms with Crippen molar-refractivity contribution in [3.63, 3.8) is 0 Å². The number of nitrogens with two attached hydrogens (primary N) is 1. The molecule has 0 saturated carbocycles. The average Bonchev–Trinajstić information content (AvgIpc) is 2.87. The van der Waals surface area contributed by atoms with Crippen molar-refractivity contribution in [2.45, 2.75) is 25.3 Å². The zero-order chi connectivity index (χ0) is 13.1. The summed E-state index contributed by atoms with van der Waals surface area (Å²) in [7, 11) is 0. The van der Waals surface area contributed by atoms with Gasteiger partial charge in [-0.1, -0.05) is 30.3 Å². The summed E-state index contributed by atoms with van der Waals surface area (Å²) in [5.74, 6) is 1.22. The lowest BCUT2D eigenvalue weighted by Gasteiger charge is -2.31. The molecule has 0 bridgehead atoms. The zero-order valence-electron chi connectivity index (χ0n) is 11.0. The number of nitrogens with one attached hydrogen (secondary N) is 1. The molecule has 19 heavy (non-hydrogen) atoms. The number of anilines is 1. The largest absolute Gasteiger partial charge is 0.384 e. The third kappa shape index (κ3) is 2.96. The number of hydrogen-bond acceptors (Lipinski definition) is 3. The minimum Gasteiger partial charge on any atom is -0.384 e. The normalized spacial score (nSPS) is 17.7. The number of benzene rings is 1. The summed E-state index contributed by atoms with van der Waals surface area (Å²) >= 11 is 0. The number of aromatic nitrogens is 2. The smallest absolute Gasteiger partial charge is 0.119 e. The number of rotatable bonds is 3. The van der Waals surface area contributed by atoms with Gasteiger partial charge in [0.15, 0.2) is 0 Å². The van der Waals surface area contributed by atoms with Crippen LogP contribution in [0, 0.1) is 0 Å². The summed E-state index contributed by atoms with van der Waals surface area (Å²) in [5, 5.41) is 7.11. The van der Waals surface area contributed by atoms with Crippen LogP contribution in [0.5, 0.6) is 0 Å². The fourth-order valence-corrected chi connectivity index (χ4v) is 2.79. The molecule has 0 atom stereocenters. The topological polar surface area (TPSA) is 57.9 Å². The minimum absolute atomic E-state index is 0.556. The Labute approximate surface area is 113 Å². The van der Waals surface area contributed by atoms with Crippen LogP contribution in [-0.2, 0) is 6.54 Å². The Bertz CT molecular complexity index is 512. The standard InChI is InChI=1S/C15H20N4/c16-15-10-14(17-18-15)13-6-8-19(9-7-13)11-12-4-2-1-3-5-12/h1-5,10,13H,6-9,11H2,(H3,16,17,18). The Kier molecular flexibility index (Phi) is 3.51. The first-order valence-corrected chi connectivity index (χ1v) is 6.88. The molecule has 1 aliphatic rings. The number of aromatic amines is 1. The van der Waals surface area contributed by atoms with E-state index in [1.165, 1.54) is 5.56 Å². The van der Waals surface area contributed by atoms with E-state index in [9.17, 15) is 0 Å². The van der Waals surface area contributed by atoms with Gasteiger partial charge in [-0.2, -0.15) is 5.10 Å². The second-order valence-electron chi connectivity index (χ2n) is 5.28. The summed E-state index contributed by atoms with van der Waals surface area (Å²) in [6, 6.07) is 12.6. The molecule has 0 unspecified atom stereocenters. The monoisotopic (exact) mass is 256 g/mol. The predicted octanol–water partition coefficient (Wildman–Crippen LogP) is 2.37. The molecule has 1 fully saturated rings. The lowest BCUT2D eigenvalue weighted by molar-refractivity contribution is 0.203. The highest BCUT2D eigenvalue weighted by atomic mass is 15.2. The van der Waals surface area contributed by atoms with Gasteiger partial charge in [0.1, 0.15) is 5.82 Å². The van der Waals surface area contributed by atoms with Gasteiger partial charge in [-0.3, -0.25) is 10.00 Å². The van der Waals surface area contributed by atoms with E-state index in [0.717, 1.165) is 38.2 Å². The van der Waals surface area contributed by atoms with Crippen LogP contribution in [-0.4, -0.2) is 28.2 Å². The molecule has 3 N–H and O–H groups in total. The maximum atomic E-state index is 5.69. The highest BCUT2D eigenvalue weighted by Gasteiger charge is 2.22. The van der Waals surface area contributed by atoms with Gasteiger partial charge in [-0.05, 0) is 31.5 Å². The second-order valence-corrected chi connectivity index (χ2v) is 5.28. The molecular formula is C15H20N4. The summed E-state index contributed by atoms with van der Waals surface area (Å²) < 4.78 is 0. The van der Waals surface area contributed by atoms with Crippen molar-refractivity contribution in [1.29, 1.82) is 0 Å². The van der Waals surface area contributed by atoms with E-state index in [0.29, 0.717) is 11.7 Å². The van der Waals surface area contributed by atoms with Gasteiger partial charge in [0.25, 0.3) is 0 Å². The van der Waals surface area contributed by atoms with Crippen molar-refractivity contribution >= 4 is 5.82 Å². The first kappa shape index (κ1) is 12.2. The molecule has 2 heterocycles. The number of nitrogens with zero attached hydrogens (tertiary/aromatic N) is 2. The van der Waals surface area contributed by atoms with Crippen molar-refractivity contribution in [3.8, 4) is 0 Å². The van der Waals surface area contributed by atoms with E-state index in [1.807, 2.05) is 6.07 Å². The second kappa shape index (κ2) is 5.45. The third-order valence-corrected chi connectivity index (χ3v) is 3.87. The van der Waals surface area contributed by atoms with Gasteiger partial charge < -0.3 is 5.73 Å². The maximum Gasteiger partial charge on any atom is 0.119 e. The number of nitrogen functional groups attached to an aromatic ring is 1. The Morgan fingerprint density at radius 2 is 1.95 bits per heavy atom. The number of piperidine rings is 1. The van der Waals surface area contributed by atoms with Crippen molar-refractivity contribution in [1.82, 2.24) is 15.1 Å². The summed E-state index contributed by atoms with van der Waals surface area (Å²) in [6.45, 7) is 3.31. The molecule has 0 amide bonds. The van der Waals surface area contributed by atoms with Crippen LogP contribution < -0.4 is 5.73 Å². The number of hydrogen-bond donors (Lipinski definition) is 2. The predicted molar refractivity (Wildman–Crippen MR) is 76.7 cm³/mol. The fraction of sp³-hybridized carbons (Fsp3) is 0.400. The van der Waals surface area contributed by atoms with Crippen LogP contribution in [0.3, 0.4) is 0 Å². The SMILES string of the molecule is Nc1cc(C2CCN(Cc3ccccc3)CC2)n[nH]1. The molecule has 0 spiro atoms. The molecule has 4 nitrogen and oxygen atoms in total. The average molecular weight is 256 g/mol. The molecule has 3 rings (SSSR count). The maximum absolute atomic E-state index is 5.69. The molecule has 0 aliphatic carbocycles. The van der Waals surface area contributed by atoms with Crippen LogP contribution in [0.1, 0.15) is 30.0 Å². The molecule has 1 aromatic heterocycles. The number of likely N-dealkylation sites (tertiary alicyclic amines) is 1. The van der Waals surface area contributed by atoms with Crippen LogP contribution in [0.15, 0.2) is 36.4 Å².